The van der Waals surface area contributed by atoms with Crippen molar-refractivity contribution in [2.45, 2.75) is 45.9 Å². The highest BCUT2D eigenvalue weighted by Crippen LogP contribution is 2.27. The van der Waals surface area contributed by atoms with Gasteiger partial charge in [-0.05, 0) is 79.8 Å². The quantitative estimate of drug-likeness (QED) is 0.902. The van der Waals surface area contributed by atoms with Crippen molar-refractivity contribution in [2.24, 2.45) is 0 Å². The first-order chi connectivity index (χ1) is 13.0. The van der Waals surface area contributed by atoms with Crippen molar-refractivity contribution in [1.29, 1.82) is 0 Å². The van der Waals surface area contributed by atoms with Gasteiger partial charge >= 0.3 is 0 Å². The summed E-state index contributed by atoms with van der Waals surface area (Å²) in [6.07, 6.45) is 1.69. The van der Waals surface area contributed by atoms with Gasteiger partial charge in [-0.3, -0.25) is 4.79 Å². The van der Waals surface area contributed by atoms with E-state index in [4.69, 9.17) is 4.74 Å². The van der Waals surface area contributed by atoms with Gasteiger partial charge in [-0.25, -0.2) is 4.39 Å². The smallest absolute Gasteiger partial charge is 0.257 e. The first-order valence-corrected chi connectivity index (χ1v) is 9.61. The lowest BCUT2D eigenvalue weighted by atomic mass is 9.96. The molecule has 0 radical (unpaired) electrons. The van der Waals surface area contributed by atoms with Gasteiger partial charge < -0.3 is 15.0 Å². The molecule has 0 fully saturated rings. The minimum absolute atomic E-state index is 0.131. The van der Waals surface area contributed by atoms with Gasteiger partial charge in [0.05, 0.1) is 11.7 Å². The van der Waals surface area contributed by atoms with Crippen LogP contribution in [0.4, 0.5) is 4.39 Å². The number of hydrogen-bond acceptors (Lipinski definition) is 3. The number of ether oxygens (including phenoxy) is 1. The first kappa shape index (κ1) is 18.0. The van der Waals surface area contributed by atoms with Gasteiger partial charge in [0.2, 0.25) is 0 Å². The number of carbonyl (C=O) groups excluding carboxylic acids is 1. The molecule has 5 heteroatoms. The number of carbonyl (C=O) groups is 1. The van der Waals surface area contributed by atoms with Crippen LogP contribution in [0.5, 0.6) is 5.75 Å². The lowest BCUT2D eigenvalue weighted by Crippen LogP contribution is -2.36. The van der Waals surface area contributed by atoms with Gasteiger partial charge in [-0.2, -0.15) is 0 Å². The lowest BCUT2D eigenvalue weighted by molar-refractivity contribution is 0.0729. The summed E-state index contributed by atoms with van der Waals surface area (Å²) in [6.45, 7) is 6.64. The van der Waals surface area contributed by atoms with Crippen LogP contribution in [0.25, 0.3) is 0 Å². The number of fused-ring (bicyclic) bond motifs is 2. The molecule has 0 atom stereocenters. The van der Waals surface area contributed by atoms with Crippen LogP contribution in [0.1, 0.15) is 46.5 Å². The standard InChI is InChI=1S/C22H25FN2O2/c1-14(2)27-19-4-3-17-13-25(8-6-16(17)9-19)22(26)20-10-18-12-24-7-5-15(18)11-21(20)23/h3-4,9-11,14,24H,5-8,12-13H2,1-2H3. The Bertz CT molecular complexity index is 879. The van der Waals surface area contributed by atoms with Crippen LogP contribution in [0.15, 0.2) is 30.3 Å². The monoisotopic (exact) mass is 368 g/mol. The summed E-state index contributed by atoms with van der Waals surface area (Å²) in [5.74, 6) is 0.220. The zero-order valence-corrected chi connectivity index (χ0v) is 15.8. The van der Waals surface area contributed by atoms with Crippen molar-refractivity contribution in [1.82, 2.24) is 10.2 Å². The Balaban J connectivity index is 1.54. The molecule has 27 heavy (non-hydrogen) atoms. The van der Waals surface area contributed by atoms with Crippen LogP contribution in [-0.2, 0) is 25.9 Å². The van der Waals surface area contributed by atoms with E-state index in [-0.39, 0.29) is 17.6 Å². The van der Waals surface area contributed by atoms with Crippen molar-refractivity contribution in [2.75, 3.05) is 13.1 Å². The Morgan fingerprint density at radius 3 is 2.74 bits per heavy atom. The molecule has 0 unspecified atom stereocenters. The topological polar surface area (TPSA) is 41.6 Å². The number of hydrogen-bond donors (Lipinski definition) is 1. The molecule has 0 saturated heterocycles. The highest BCUT2D eigenvalue weighted by molar-refractivity contribution is 5.95. The predicted molar refractivity (Wildman–Crippen MR) is 102 cm³/mol. The molecule has 4 nitrogen and oxygen atoms in total. The van der Waals surface area contributed by atoms with Gasteiger partial charge in [-0.1, -0.05) is 6.07 Å². The summed E-state index contributed by atoms with van der Waals surface area (Å²) in [6, 6.07) is 9.28. The minimum Gasteiger partial charge on any atom is -0.491 e. The summed E-state index contributed by atoms with van der Waals surface area (Å²) in [5, 5.41) is 3.28. The van der Waals surface area contributed by atoms with Crippen molar-refractivity contribution in [3.63, 3.8) is 0 Å². The Morgan fingerprint density at radius 1 is 1.11 bits per heavy atom. The zero-order chi connectivity index (χ0) is 19.0. The summed E-state index contributed by atoms with van der Waals surface area (Å²) >= 11 is 0. The number of amides is 1. The molecule has 2 aromatic carbocycles. The van der Waals surface area contributed by atoms with Gasteiger partial charge in [-0.15, -0.1) is 0 Å². The molecule has 2 aliphatic rings. The fourth-order valence-corrected chi connectivity index (χ4v) is 3.89. The molecule has 0 spiro atoms. The van der Waals surface area contributed by atoms with E-state index in [2.05, 4.69) is 11.4 Å². The maximum absolute atomic E-state index is 14.6. The van der Waals surface area contributed by atoms with Gasteiger partial charge in [0.15, 0.2) is 0 Å². The van der Waals surface area contributed by atoms with Crippen LogP contribution >= 0.6 is 0 Å². The molecular formula is C22H25FN2O2. The molecule has 0 bridgehead atoms. The van der Waals surface area contributed by atoms with E-state index in [9.17, 15) is 9.18 Å². The first-order valence-electron chi connectivity index (χ1n) is 9.61. The number of halogens is 1. The fourth-order valence-electron chi connectivity index (χ4n) is 3.89. The highest BCUT2D eigenvalue weighted by Gasteiger charge is 2.25. The molecule has 0 aromatic heterocycles. The van der Waals surface area contributed by atoms with E-state index in [1.165, 1.54) is 11.6 Å². The van der Waals surface area contributed by atoms with Crippen LogP contribution in [0.2, 0.25) is 0 Å². The van der Waals surface area contributed by atoms with E-state index >= 15 is 0 Å². The molecule has 2 aromatic rings. The number of nitrogens with zero attached hydrogens (tertiary/aromatic N) is 1. The summed E-state index contributed by atoms with van der Waals surface area (Å²) < 4.78 is 20.3. The third-order valence-electron chi connectivity index (χ3n) is 5.26. The maximum Gasteiger partial charge on any atom is 0.257 e. The molecule has 4 rings (SSSR count). The Morgan fingerprint density at radius 2 is 1.93 bits per heavy atom. The van der Waals surface area contributed by atoms with Crippen LogP contribution in [0, 0.1) is 5.82 Å². The average Bonchev–Trinajstić information content (AvgIpc) is 2.66. The minimum atomic E-state index is -0.410. The van der Waals surface area contributed by atoms with Crippen molar-refractivity contribution >= 4 is 5.91 Å². The second-order valence-corrected chi connectivity index (χ2v) is 7.60. The molecule has 2 aliphatic heterocycles. The van der Waals surface area contributed by atoms with Crippen LogP contribution < -0.4 is 10.1 Å². The Hall–Kier alpha value is -2.40. The molecule has 142 valence electrons. The number of benzene rings is 2. The molecule has 1 N–H and O–H groups in total. The molecule has 0 aliphatic carbocycles. The van der Waals surface area contributed by atoms with Gasteiger partial charge in [0.1, 0.15) is 11.6 Å². The zero-order valence-electron chi connectivity index (χ0n) is 15.8. The summed E-state index contributed by atoms with van der Waals surface area (Å²) in [4.78, 5) is 14.7. The average molecular weight is 368 g/mol. The Labute approximate surface area is 159 Å². The SMILES string of the molecule is CC(C)Oc1ccc2c(c1)CCN(C(=O)c1cc3c(cc1F)CCNC3)C2. The Kier molecular flexibility index (Phi) is 4.87. The van der Waals surface area contributed by atoms with E-state index in [0.29, 0.717) is 19.6 Å². The van der Waals surface area contributed by atoms with E-state index in [1.54, 1.807) is 11.0 Å². The molecular weight excluding hydrogens is 343 g/mol. The second kappa shape index (κ2) is 7.31. The summed E-state index contributed by atoms with van der Waals surface area (Å²) in [5.41, 5.74) is 4.52. The maximum atomic E-state index is 14.6. The molecule has 0 saturated carbocycles. The van der Waals surface area contributed by atoms with Crippen molar-refractivity contribution in [3.05, 3.63) is 64.0 Å². The lowest BCUT2D eigenvalue weighted by Gasteiger charge is -2.30. The normalized spacial score (nSPS) is 16.1. The van der Waals surface area contributed by atoms with Crippen LogP contribution in [0.3, 0.4) is 0 Å². The largest absolute Gasteiger partial charge is 0.491 e. The van der Waals surface area contributed by atoms with Gasteiger partial charge in [0, 0.05) is 19.6 Å². The van der Waals surface area contributed by atoms with Gasteiger partial charge in [0.25, 0.3) is 5.91 Å². The molecule has 2 heterocycles. The third kappa shape index (κ3) is 3.69. The third-order valence-corrected chi connectivity index (χ3v) is 5.26. The van der Waals surface area contributed by atoms with E-state index in [1.807, 2.05) is 26.0 Å². The number of nitrogens with one attached hydrogen (secondary N) is 1. The van der Waals surface area contributed by atoms with Crippen molar-refractivity contribution in [3.8, 4) is 5.75 Å². The fraction of sp³-hybridized carbons (Fsp3) is 0.409. The van der Waals surface area contributed by atoms with Crippen molar-refractivity contribution < 1.29 is 13.9 Å². The predicted octanol–water partition coefficient (Wildman–Crippen LogP) is 3.46. The molecule has 1 amide bonds. The highest BCUT2D eigenvalue weighted by atomic mass is 19.1. The van der Waals surface area contributed by atoms with Crippen LogP contribution in [-0.4, -0.2) is 30.0 Å². The second-order valence-electron chi connectivity index (χ2n) is 7.60. The number of rotatable bonds is 3. The summed E-state index contributed by atoms with van der Waals surface area (Å²) in [7, 11) is 0. The van der Waals surface area contributed by atoms with E-state index in [0.717, 1.165) is 41.8 Å². The van der Waals surface area contributed by atoms with E-state index < -0.39 is 5.82 Å².